The average molecular weight is 354 g/mol. The first kappa shape index (κ1) is 17.7. The van der Waals surface area contributed by atoms with Gasteiger partial charge in [0.2, 0.25) is 0 Å². The van der Waals surface area contributed by atoms with E-state index in [9.17, 15) is 9.59 Å². The highest BCUT2D eigenvalue weighted by molar-refractivity contribution is 6.02. The third-order valence-electron chi connectivity index (χ3n) is 4.06. The van der Waals surface area contributed by atoms with Gasteiger partial charge in [-0.15, -0.1) is 0 Å². The van der Waals surface area contributed by atoms with Crippen molar-refractivity contribution in [2.24, 2.45) is 0 Å². The molecule has 0 saturated heterocycles. The van der Waals surface area contributed by atoms with Crippen molar-refractivity contribution in [3.05, 3.63) is 58.3 Å². The Morgan fingerprint density at radius 3 is 2.42 bits per heavy atom. The fourth-order valence-electron chi connectivity index (χ4n) is 2.70. The van der Waals surface area contributed by atoms with E-state index >= 15 is 0 Å². The Morgan fingerprint density at radius 2 is 1.81 bits per heavy atom. The maximum atomic E-state index is 12.5. The largest absolute Gasteiger partial charge is 0.497 e. The van der Waals surface area contributed by atoms with Gasteiger partial charge in [-0.1, -0.05) is 0 Å². The summed E-state index contributed by atoms with van der Waals surface area (Å²) in [5, 5.41) is 9.33. The van der Waals surface area contributed by atoms with Gasteiger partial charge in [0.1, 0.15) is 22.8 Å². The molecule has 3 aromatic rings. The molecule has 1 aromatic heterocycles. The number of ether oxygens (including phenoxy) is 2. The van der Waals surface area contributed by atoms with Crippen molar-refractivity contribution in [2.45, 2.75) is 6.42 Å². The van der Waals surface area contributed by atoms with Crippen LogP contribution in [-0.4, -0.2) is 31.7 Å². The number of aliphatic hydroxyl groups excluding tert-OH is 1. The molecule has 0 aliphatic rings. The first-order chi connectivity index (χ1) is 12.6. The van der Waals surface area contributed by atoms with Crippen LogP contribution < -0.4 is 14.9 Å². The Kier molecular flexibility index (Phi) is 5.04. The molecule has 1 heterocycles. The second kappa shape index (κ2) is 7.41. The molecule has 0 bridgehead atoms. The summed E-state index contributed by atoms with van der Waals surface area (Å²) in [5.41, 5.74) is 1.02. The van der Waals surface area contributed by atoms with Crippen LogP contribution in [0.25, 0.3) is 22.3 Å². The van der Waals surface area contributed by atoms with Crippen molar-refractivity contribution in [1.82, 2.24) is 0 Å². The molecule has 6 heteroatoms. The van der Waals surface area contributed by atoms with Gasteiger partial charge in [0.05, 0.1) is 31.8 Å². The molecule has 0 aliphatic carbocycles. The van der Waals surface area contributed by atoms with Crippen molar-refractivity contribution in [3.63, 3.8) is 0 Å². The quantitative estimate of drug-likeness (QED) is 0.685. The monoisotopic (exact) mass is 354 g/mol. The minimum Gasteiger partial charge on any atom is -0.497 e. The van der Waals surface area contributed by atoms with Crippen LogP contribution in [-0.2, 0) is 0 Å². The lowest BCUT2D eigenvalue weighted by Gasteiger charge is -2.10. The molecule has 2 aromatic carbocycles. The van der Waals surface area contributed by atoms with E-state index in [1.807, 2.05) is 0 Å². The molecule has 0 amide bonds. The third kappa shape index (κ3) is 3.32. The molecule has 1 N–H and O–H groups in total. The summed E-state index contributed by atoms with van der Waals surface area (Å²) in [6, 6.07) is 11.5. The predicted molar refractivity (Wildman–Crippen MR) is 97.1 cm³/mol. The van der Waals surface area contributed by atoms with Crippen LogP contribution in [0.5, 0.6) is 11.5 Å². The van der Waals surface area contributed by atoms with Crippen LogP contribution in [0.15, 0.2) is 51.7 Å². The Labute approximate surface area is 149 Å². The lowest BCUT2D eigenvalue weighted by atomic mass is 10.0. The summed E-state index contributed by atoms with van der Waals surface area (Å²) in [4.78, 5) is 24.7. The Balaban J connectivity index is 2.16. The van der Waals surface area contributed by atoms with Gasteiger partial charge in [0.25, 0.3) is 0 Å². The molecule has 134 valence electrons. The van der Waals surface area contributed by atoms with Gasteiger partial charge in [-0.3, -0.25) is 9.59 Å². The van der Waals surface area contributed by atoms with Gasteiger partial charge < -0.3 is 19.0 Å². The van der Waals surface area contributed by atoms with E-state index in [-0.39, 0.29) is 41.1 Å². The SMILES string of the molecule is COc1ccc(-c2cc(=O)c3cc(OC)c(C(=O)CCO)cc3o2)cc1. The minimum atomic E-state index is -0.288. The van der Waals surface area contributed by atoms with E-state index in [0.717, 1.165) is 0 Å². The number of aliphatic hydroxyl groups is 1. The number of carbonyl (C=O) groups is 1. The number of rotatable bonds is 6. The maximum absolute atomic E-state index is 12.5. The molecule has 0 saturated carbocycles. The molecule has 3 rings (SSSR count). The number of hydrogen-bond acceptors (Lipinski definition) is 6. The third-order valence-corrected chi connectivity index (χ3v) is 4.06. The molecule has 0 aliphatic heterocycles. The summed E-state index contributed by atoms with van der Waals surface area (Å²) >= 11 is 0. The van der Waals surface area contributed by atoms with E-state index < -0.39 is 0 Å². The zero-order valence-electron chi connectivity index (χ0n) is 14.4. The molecule has 0 radical (unpaired) electrons. The van der Waals surface area contributed by atoms with Crippen LogP contribution in [0, 0.1) is 0 Å². The maximum Gasteiger partial charge on any atom is 0.193 e. The van der Waals surface area contributed by atoms with Crippen molar-refractivity contribution >= 4 is 16.8 Å². The summed E-state index contributed by atoms with van der Waals surface area (Å²) in [7, 11) is 2.99. The van der Waals surface area contributed by atoms with Crippen LogP contribution in [0.2, 0.25) is 0 Å². The highest BCUT2D eigenvalue weighted by Crippen LogP contribution is 2.29. The van der Waals surface area contributed by atoms with Gasteiger partial charge >= 0.3 is 0 Å². The molecule has 0 fully saturated rings. The summed E-state index contributed by atoms with van der Waals surface area (Å²) < 4.78 is 16.2. The van der Waals surface area contributed by atoms with Gasteiger partial charge in [0, 0.05) is 18.1 Å². The molecule has 0 spiro atoms. The van der Waals surface area contributed by atoms with Crippen LogP contribution in [0.4, 0.5) is 0 Å². The zero-order valence-corrected chi connectivity index (χ0v) is 14.4. The fourth-order valence-corrected chi connectivity index (χ4v) is 2.70. The molecular formula is C20H18O6. The van der Waals surface area contributed by atoms with E-state index in [2.05, 4.69) is 0 Å². The number of fused-ring (bicyclic) bond motifs is 1. The Bertz CT molecular complexity index is 1000. The summed E-state index contributed by atoms with van der Waals surface area (Å²) in [5.74, 6) is 1.07. The molecule has 0 unspecified atom stereocenters. The summed E-state index contributed by atoms with van der Waals surface area (Å²) in [6.07, 6.45) is -0.0374. The second-order valence-electron chi connectivity index (χ2n) is 5.65. The first-order valence-corrected chi connectivity index (χ1v) is 8.01. The number of carbonyl (C=O) groups excluding carboxylic acids is 1. The average Bonchev–Trinajstić information content (AvgIpc) is 2.67. The molecule has 6 nitrogen and oxygen atoms in total. The number of hydrogen-bond donors (Lipinski definition) is 1. The van der Waals surface area contributed by atoms with Crippen LogP contribution in [0.1, 0.15) is 16.8 Å². The standard InChI is InChI=1S/C20H18O6/c1-24-13-5-3-12(4-6-13)18-11-17(23)15-9-19(25-2)14(10-20(15)26-18)16(22)7-8-21/h3-6,9-11,21H,7-8H2,1-2H3. The minimum absolute atomic E-state index is 0.0374. The van der Waals surface area contributed by atoms with Crippen molar-refractivity contribution in [3.8, 4) is 22.8 Å². The number of benzene rings is 2. The van der Waals surface area contributed by atoms with Gasteiger partial charge in [-0.05, 0) is 36.4 Å². The summed E-state index contributed by atoms with van der Waals surface area (Å²) in [6.45, 7) is -0.268. The highest BCUT2D eigenvalue weighted by Gasteiger charge is 2.16. The van der Waals surface area contributed by atoms with E-state index in [0.29, 0.717) is 22.5 Å². The lowest BCUT2D eigenvalue weighted by Crippen LogP contribution is -2.07. The van der Waals surface area contributed by atoms with Crippen molar-refractivity contribution < 1.29 is 23.8 Å². The van der Waals surface area contributed by atoms with Crippen LogP contribution >= 0.6 is 0 Å². The van der Waals surface area contributed by atoms with Crippen molar-refractivity contribution in [2.75, 3.05) is 20.8 Å². The van der Waals surface area contributed by atoms with E-state index in [1.54, 1.807) is 31.4 Å². The normalized spacial score (nSPS) is 10.7. The van der Waals surface area contributed by atoms with E-state index in [4.69, 9.17) is 19.0 Å². The predicted octanol–water partition coefficient (Wildman–Crippen LogP) is 3.04. The fraction of sp³-hybridized carbons (Fsp3) is 0.200. The van der Waals surface area contributed by atoms with E-state index in [1.165, 1.54) is 25.3 Å². The lowest BCUT2D eigenvalue weighted by molar-refractivity contribution is 0.0953. The second-order valence-corrected chi connectivity index (χ2v) is 5.65. The Morgan fingerprint density at radius 1 is 1.08 bits per heavy atom. The smallest absolute Gasteiger partial charge is 0.193 e. The van der Waals surface area contributed by atoms with Gasteiger partial charge in [0.15, 0.2) is 11.2 Å². The topological polar surface area (TPSA) is 86.0 Å². The number of ketones is 1. The Hall–Kier alpha value is -3.12. The zero-order chi connectivity index (χ0) is 18.7. The molecular weight excluding hydrogens is 336 g/mol. The van der Waals surface area contributed by atoms with Gasteiger partial charge in [-0.25, -0.2) is 0 Å². The van der Waals surface area contributed by atoms with Crippen molar-refractivity contribution in [1.29, 1.82) is 0 Å². The number of methoxy groups -OCH3 is 2. The van der Waals surface area contributed by atoms with Crippen LogP contribution in [0.3, 0.4) is 0 Å². The van der Waals surface area contributed by atoms with Gasteiger partial charge in [-0.2, -0.15) is 0 Å². The molecule has 26 heavy (non-hydrogen) atoms. The number of Topliss-reactive ketones (excluding diaryl/α,β-unsaturated/α-hetero) is 1. The molecule has 0 atom stereocenters. The first-order valence-electron chi connectivity index (χ1n) is 8.01. The highest BCUT2D eigenvalue weighted by atomic mass is 16.5.